The monoisotopic (exact) mass is 344 g/mol. The van der Waals surface area contributed by atoms with E-state index in [0.29, 0.717) is 19.0 Å². The topological polar surface area (TPSA) is 61.8 Å². The molecule has 0 saturated heterocycles. The Bertz CT molecular complexity index is 894. The molecular formula is C17H16N2O4S. The largest absolute Gasteiger partial charge is 0.497 e. The van der Waals surface area contributed by atoms with E-state index in [2.05, 4.69) is 10.3 Å². The molecule has 1 aromatic heterocycles. The maximum absolute atomic E-state index is 5.61. The number of thiazole rings is 1. The van der Waals surface area contributed by atoms with Crippen LogP contribution in [0.2, 0.25) is 0 Å². The van der Waals surface area contributed by atoms with E-state index in [1.54, 1.807) is 14.2 Å². The van der Waals surface area contributed by atoms with E-state index >= 15 is 0 Å². The van der Waals surface area contributed by atoms with Crippen LogP contribution in [0.3, 0.4) is 0 Å². The fourth-order valence-electron chi connectivity index (χ4n) is 2.55. The normalized spacial score (nSPS) is 12.9. The van der Waals surface area contributed by atoms with Gasteiger partial charge in [0, 0.05) is 17.8 Å². The van der Waals surface area contributed by atoms with Gasteiger partial charge in [-0.1, -0.05) is 11.3 Å². The first kappa shape index (κ1) is 14.9. The predicted molar refractivity (Wildman–Crippen MR) is 93.4 cm³/mol. The molecule has 2 aromatic carbocycles. The molecule has 0 fully saturated rings. The average Bonchev–Trinajstić information content (AvgIpc) is 3.02. The molecule has 0 bridgehead atoms. The molecule has 7 heteroatoms. The van der Waals surface area contributed by atoms with E-state index in [1.807, 2.05) is 30.3 Å². The molecule has 1 N–H and O–H groups in total. The molecule has 1 aliphatic rings. The van der Waals surface area contributed by atoms with E-state index in [1.165, 1.54) is 11.3 Å². The lowest BCUT2D eigenvalue weighted by molar-refractivity contribution is 0.171. The van der Waals surface area contributed by atoms with Gasteiger partial charge in [0.05, 0.1) is 18.9 Å². The third-order valence-electron chi connectivity index (χ3n) is 3.68. The Labute approximate surface area is 142 Å². The quantitative estimate of drug-likeness (QED) is 0.776. The number of anilines is 2. The van der Waals surface area contributed by atoms with Gasteiger partial charge in [-0.25, -0.2) is 4.98 Å². The Hall–Kier alpha value is -2.67. The fourth-order valence-corrected chi connectivity index (χ4v) is 3.48. The number of nitrogens with one attached hydrogen (secondary N) is 1. The summed E-state index contributed by atoms with van der Waals surface area (Å²) in [6.45, 7) is 1.15. The van der Waals surface area contributed by atoms with Gasteiger partial charge in [0.25, 0.3) is 0 Å². The van der Waals surface area contributed by atoms with Crippen LogP contribution >= 0.6 is 11.3 Å². The van der Waals surface area contributed by atoms with Gasteiger partial charge in [0.1, 0.15) is 30.2 Å². The van der Waals surface area contributed by atoms with Crippen molar-refractivity contribution in [3.8, 4) is 23.0 Å². The van der Waals surface area contributed by atoms with Crippen molar-refractivity contribution < 1.29 is 18.9 Å². The molecule has 24 heavy (non-hydrogen) atoms. The number of hydrogen-bond donors (Lipinski definition) is 1. The molecule has 0 unspecified atom stereocenters. The number of benzene rings is 2. The van der Waals surface area contributed by atoms with Crippen LogP contribution in [0.4, 0.5) is 10.8 Å². The number of aromatic nitrogens is 1. The maximum atomic E-state index is 5.61. The van der Waals surface area contributed by atoms with E-state index in [4.69, 9.17) is 18.9 Å². The van der Waals surface area contributed by atoms with Crippen LogP contribution < -0.4 is 24.3 Å². The Balaban J connectivity index is 1.67. The van der Waals surface area contributed by atoms with Gasteiger partial charge >= 0.3 is 0 Å². The molecule has 0 aliphatic carbocycles. The Morgan fingerprint density at radius 3 is 2.67 bits per heavy atom. The number of hydrogen-bond acceptors (Lipinski definition) is 7. The summed E-state index contributed by atoms with van der Waals surface area (Å²) in [6.07, 6.45) is 0. The zero-order valence-electron chi connectivity index (χ0n) is 13.3. The molecule has 124 valence electrons. The maximum Gasteiger partial charge on any atom is 0.188 e. The average molecular weight is 344 g/mol. The molecule has 2 heterocycles. The van der Waals surface area contributed by atoms with Gasteiger partial charge in [-0.3, -0.25) is 0 Å². The first-order valence-electron chi connectivity index (χ1n) is 7.46. The lowest BCUT2D eigenvalue weighted by Gasteiger charge is -2.18. The van der Waals surface area contributed by atoms with Crippen LogP contribution in [0.1, 0.15) is 0 Å². The van der Waals surface area contributed by atoms with Crippen LogP contribution in [-0.2, 0) is 0 Å². The molecule has 3 aromatic rings. The highest BCUT2D eigenvalue weighted by molar-refractivity contribution is 7.22. The summed E-state index contributed by atoms with van der Waals surface area (Å²) in [5.41, 5.74) is 1.70. The minimum Gasteiger partial charge on any atom is -0.497 e. The van der Waals surface area contributed by atoms with Crippen molar-refractivity contribution in [1.82, 2.24) is 4.98 Å². The standard InChI is InChI=1S/C17H16N2O4S/c1-20-11-8-14(21-2)16-15(9-11)24-17(19-16)18-10-3-4-12-13(7-10)23-6-5-22-12/h3-4,7-9H,5-6H2,1-2H3,(H,18,19). The van der Waals surface area contributed by atoms with Crippen LogP contribution in [0, 0.1) is 0 Å². The smallest absolute Gasteiger partial charge is 0.188 e. The predicted octanol–water partition coefficient (Wildman–Crippen LogP) is 3.83. The van der Waals surface area contributed by atoms with Gasteiger partial charge in [-0.05, 0) is 18.2 Å². The number of nitrogens with zero attached hydrogens (tertiary/aromatic N) is 1. The van der Waals surface area contributed by atoms with Crippen molar-refractivity contribution >= 4 is 32.4 Å². The molecule has 0 atom stereocenters. The first-order chi connectivity index (χ1) is 11.8. The van der Waals surface area contributed by atoms with Crippen molar-refractivity contribution in [2.75, 3.05) is 32.8 Å². The van der Waals surface area contributed by atoms with Crippen LogP contribution in [-0.4, -0.2) is 32.4 Å². The van der Waals surface area contributed by atoms with E-state index in [0.717, 1.165) is 38.3 Å². The number of methoxy groups -OCH3 is 2. The SMILES string of the molecule is COc1cc(OC)c2nc(Nc3ccc4c(c3)OCCO4)sc2c1. The highest BCUT2D eigenvalue weighted by Gasteiger charge is 2.14. The van der Waals surface area contributed by atoms with Crippen molar-refractivity contribution in [1.29, 1.82) is 0 Å². The zero-order chi connectivity index (χ0) is 16.5. The van der Waals surface area contributed by atoms with E-state index < -0.39 is 0 Å². The fraction of sp³-hybridized carbons (Fsp3) is 0.235. The lowest BCUT2D eigenvalue weighted by atomic mass is 10.2. The van der Waals surface area contributed by atoms with Gasteiger partial charge in [0.15, 0.2) is 16.6 Å². The minimum absolute atomic E-state index is 0.564. The van der Waals surface area contributed by atoms with Crippen LogP contribution in [0.15, 0.2) is 30.3 Å². The second kappa shape index (κ2) is 6.09. The Morgan fingerprint density at radius 1 is 1.04 bits per heavy atom. The summed E-state index contributed by atoms with van der Waals surface area (Å²) in [5.74, 6) is 2.94. The van der Waals surface area contributed by atoms with Gasteiger partial charge in [0.2, 0.25) is 0 Å². The van der Waals surface area contributed by atoms with E-state index in [9.17, 15) is 0 Å². The number of fused-ring (bicyclic) bond motifs is 2. The third kappa shape index (κ3) is 2.67. The van der Waals surface area contributed by atoms with Gasteiger partial charge in [-0.15, -0.1) is 0 Å². The zero-order valence-corrected chi connectivity index (χ0v) is 14.1. The Morgan fingerprint density at radius 2 is 1.88 bits per heavy atom. The molecule has 0 amide bonds. The van der Waals surface area contributed by atoms with Gasteiger partial charge in [-0.2, -0.15) is 0 Å². The second-order valence-electron chi connectivity index (χ2n) is 5.18. The van der Waals surface area contributed by atoms with Crippen molar-refractivity contribution in [3.05, 3.63) is 30.3 Å². The highest BCUT2D eigenvalue weighted by atomic mass is 32.1. The molecule has 0 spiro atoms. The summed E-state index contributed by atoms with van der Waals surface area (Å²) in [5, 5.41) is 4.08. The molecule has 4 rings (SSSR count). The summed E-state index contributed by atoms with van der Waals surface area (Å²) in [6, 6.07) is 9.53. The summed E-state index contributed by atoms with van der Waals surface area (Å²) >= 11 is 1.53. The molecule has 6 nitrogen and oxygen atoms in total. The van der Waals surface area contributed by atoms with E-state index in [-0.39, 0.29) is 0 Å². The molecule has 1 aliphatic heterocycles. The second-order valence-corrected chi connectivity index (χ2v) is 6.21. The van der Waals surface area contributed by atoms with Crippen molar-refractivity contribution in [2.45, 2.75) is 0 Å². The number of rotatable bonds is 4. The highest BCUT2D eigenvalue weighted by Crippen LogP contribution is 2.38. The molecular weight excluding hydrogens is 328 g/mol. The van der Waals surface area contributed by atoms with Crippen LogP contribution in [0.5, 0.6) is 23.0 Å². The summed E-state index contributed by atoms with van der Waals surface area (Å²) < 4.78 is 22.8. The van der Waals surface area contributed by atoms with Gasteiger partial charge < -0.3 is 24.3 Å². The minimum atomic E-state index is 0.564. The van der Waals surface area contributed by atoms with Crippen LogP contribution in [0.25, 0.3) is 10.2 Å². The molecule has 0 saturated carbocycles. The van der Waals surface area contributed by atoms with Crippen molar-refractivity contribution in [2.24, 2.45) is 0 Å². The summed E-state index contributed by atoms with van der Waals surface area (Å²) in [7, 11) is 3.26. The number of ether oxygens (including phenoxy) is 4. The molecule has 0 radical (unpaired) electrons. The third-order valence-corrected chi connectivity index (χ3v) is 4.60. The first-order valence-corrected chi connectivity index (χ1v) is 8.28. The summed E-state index contributed by atoms with van der Waals surface area (Å²) in [4.78, 5) is 4.62. The van der Waals surface area contributed by atoms with Crippen molar-refractivity contribution in [3.63, 3.8) is 0 Å². The Kier molecular flexibility index (Phi) is 3.78. The lowest BCUT2D eigenvalue weighted by Crippen LogP contribution is -2.15.